The first-order chi connectivity index (χ1) is 11.7. The highest BCUT2D eigenvalue weighted by Gasteiger charge is 2.78. The van der Waals surface area contributed by atoms with Crippen LogP contribution in [-0.4, -0.2) is 17.5 Å². The molecule has 2 saturated carbocycles. The summed E-state index contributed by atoms with van der Waals surface area (Å²) < 4.78 is 5.61. The minimum Gasteiger partial charge on any atom is -0.426 e. The van der Waals surface area contributed by atoms with E-state index in [1.807, 2.05) is 44.2 Å². The number of ketones is 2. The molecule has 2 aliphatic rings. The molecule has 4 nitrogen and oxygen atoms in total. The smallest absolute Gasteiger partial charge is 0.326 e. The molecule has 2 fully saturated rings. The molecule has 0 saturated heterocycles. The Balaban J connectivity index is 1.73. The molecule has 0 spiro atoms. The maximum absolute atomic E-state index is 13.0. The van der Waals surface area contributed by atoms with Crippen molar-refractivity contribution >= 4 is 28.3 Å². The van der Waals surface area contributed by atoms with Gasteiger partial charge in [0.2, 0.25) is 11.6 Å². The van der Waals surface area contributed by atoms with Crippen molar-refractivity contribution in [3.05, 3.63) is 42.5 Å². The highest BCUT2D eigenvalue weighted by atomic mass is 16.5. The Kier molecular flexibility index (Phi) is 3.06. The van der Waals surface area contributed by atoms with Crippen molar-refractivity contribution in [1.29, 1.82) is 0 Å². The Morgan fingerprint density at radius 1 is 0.920 bits per heavy atom. The second kappa shape index (κ2) is 4.78. The van der Waals surface area contributed by atoms with Crippen LogP contribution in [0.3, 0.4) is 0 Å². The number of fused-ring (bicyclic) bond motifs is 3. The largest absolute Gasteiger partial charge is 0.426 e. The summed E-state index contributed by atoms with van der Waals surface area (Å²) in [5.74, 6) is -1.22. The Labute approximate surface area is 146 Å². The molecule has 0 aromatic heterocycles. The van der Waals surface area contributed by atoms with E-state index in [0.29, 0.717) is 18.6 Å². The molecule has 4 rings (SSSR count). The van der Waals surface area contributed by atoms with Crippen LogP contribution in [0, 0.1) is 16.2 Å². The first kappa shape index (κ1) is 16.0. The van der Waals surface area contributed by atoms with Gasteiger partial charge in [-0.2, -0.15) is 0 Å². The molecule has 128 valence electrons. The van der Waals surface area contributed by atoms with E-state index in [-0.39, 0.29) is 0 Å². The quantitative estimate of drug-likeness (QED) is 0.363. The number of ether oxygens (including phenoxy) is 1. The number of rotatable bonds is 2. The SMILES string of the molecule is CC1(C)[C@]2(C(=O)Oc3ccc4ccccc4c3)CC[C@]1(C)C(=O)C2=O. The molecule has 2 bridgehead atoms. The first-order valence-electron chi connectivity index (χ1n) is 8.54. The molecular formula is C21H20O4. The third-order valence-corrected chi connectivity index (χ3v) is 6.82. The molecule has 25 heavy (non-hydrogen) atoms. The van der Waals surface area contributed by atoms with Crippen LogP contribution >= 0.6 is 0 Å². The molecule has 0 heterocycles. The second-order valence-electron chi connectivity index (χ2n) is 7.92. The number of hydrogen-bond acceptors (Lipinski definition) is 4. The van der Waals surface area contributed by atoms with Crippen LogP contribution in [0.5, 0.6) is 5.75 Å². The summed E-state index contributed by atoms with van der Waals surface area (Å²) in [7, 11) is 0. The standard InChI is InChI=1S/C21H20O4/c1-19(2)20(3)10-11-21(19,17(23)16(20)22)18(24)25-15-9-8-13-6-4-5-7-14(13)12-15/h4-9,12H,10-11H2,1-3H3/t20-,21-/m1/s1. The van der Waals surface area contributed by atoms with Gasteiger partial charge in [0, 0.05) is 10.8 Å². The molecule has 0 unspecified atom stereocenters. The Morgan fingerprint density at radius 2 is 1.60 bits per heavy atom. The average Bonchev–Trinajstić information content (AvgIpc) is 2.86. The van der Waals surface area contributed by atoms with Crippen molar-refractivity contribution in [1.82, 2.24) is 0 Å². The minimum atomic E-state index is -1.37. The lowest BCUT2D eigenvalue weighted by atomic mass is 9.65. The van der Waals surface area contributed by atoms with Crippen molar-refractivity contribution in [2.45, 2.75) is 33.6 Å². The third kappa shape index (κ3) is 1.74. The normalized spacial score (nSPS) is 30.0. The zero-order chi connectivity index (χ0) is 18.0. The Bertz CT molecular complexity index is 942. The van der Waals surface area contributed by atoms with Gasteiger partial charge in [0.05, 0.1) is 0 Å². The zero-order valence-electron chi connectivity index (χ0n) is 14.6. The maximum atomic E-state index is 13.0. The number of Topliss-reactive ketones (excluding diaryl/α,β-unsaturated/α-hetero) is 2. The highest BCUT2D eigenvalue weighted by Crippen LogP contribution is 2.69. The van der Waals surface area contributed by atoms with E-state index in [0.717, 1.165) is 10.8 Å². The number of esters is 1. The lowest BCUT2D eigenvalue weighted by Crippen LogP contribution is -2.47. The first-order valence-corrected chi connectivity index (χ1v) is 8.54. The lowest BCUT2D eigenvalue weighted by Gasteiger charge is -2.36. The van der Waals surface area contributed by atoms with Crippen LogP contribution in [0.4, 0.5) is 0 Å². The predicted molar refractivity (Wildman–Crippen MR) is 93.2 cm³/mol. The van der Waals surface area contributed by atoms with E-state index in [2.05, 4.69) is 0 Å². The fourth-order valence-corrected chi connectivity index (χ4v) is 4.65. The maximum Gasteiger partial charge on any atom is 0.326 e. The van der Waals surface area contributed by atoms with Crippen LogP contribution in [0.2, 0.25) is 0 Å². The van der Waals surface area contributed by atoms with Gasteiger partial charge < -0.3 is 4.74 Å². The van der Waals surface area contributed by atoms with Crippen molar-refractivity contribution in [2.24, 2.45) is 16.2 Å². The van der Waals surface area contributed by atoms with Gasteiger partial charge in [-0.05, 0) is 35.7 Å². The van der Waals surface area contributed by atoms with E-state index in [9.17, 15) is 14.4 Å². The van der Waals surface area contributed by atoms with Crippen molar-refractivity contribution in [3.8, 4) is 5.75 Å². The lowest BCUT2D eigenvalue weighted by molar-refractivity contribution is -0.157. The number of carbonyl (C=O) groups is 3. The van der Waals surface area contributed by atoms with Gasteiger partial charge >= 0.3 is 5.97 Å². The van der Waals surface area contributed by atoms with E-state index in [1.54, 1.807) is 19.1 Å². The summed E-state index contributed by atoms with van der Waals surface area (Å²) in [6.45, 7) is 5.47. The summed E-state index contributed by atoms with van der Waals surface area (Å²) in [5.41, 5.74) is -2.90. The van der Waals surface area contributed by atoms with Crippen LogP contribution in [0.15, 0.2) is 42.5 Å². The van der Waals surface area contributed by atoms with Gasteiger partial charge in [0.25, 0.3) is 0 Å². The van der Waals surface area contributed by atoms with E-state index >= 15 is 0 Å². The summed E-state index contributed by atoms with van der Waals surface area (Å²) in [6.07, 6.45) is 0.908. The Morgan fingerprint density at radius 3 is 2.24 bits per heavy atom. The van der Waals surface area contributed by atoms with Crippen LogP contribution in [-0.2, 0) is 14.4 Å². The minimum absolute atomic E-state index is 0.369. The average molecular weight is 336 g/mol. The Hall–Kier alpha value is -2.49. The van der Waals surface area contributed by atoms with Crippen LogP contribution < -0.4 is 4.74 Å². The molecular weight excluding hydrogens is 316 g/mol. The van der Waals surface area contributed by atoms with E-state index in [4.69, 9.17) is 4.74 Å². The number of carbonyl (C=O) groups excluding carboxylic acids is 3. The number of hydrogen-bond donors (Lipinski definition) is 0. The molecule has 2 aromatic carbocycles. The molecule has 2 aliphatic carbocycles. The van der Waals surface area contributed by atoms with Crippen molar-refractivity contribution in [2.75, 3.05) is 0 Å². The van der Waals surface area contributed by atoms with Crippen molar-refractivity contribution < 1.29 is 19.1 Å². The predicted octanol–water partition coefficient (Wildman–Crippen LogP) is 3.71. The summed E-state index contributed by atoms with van der Waals surface area (Å²) >= 11 is 0. The fourth-order valence-electron chi connectivity index (χ4n) is 4.65. The van der Waals surface area contributed by atoms with E-state index < -0.39 is 33.8 Å². The molecule has 0 N–H and O–H groups in total. The van der Waals surface area contributed by atoms with Gasteiger partial charge in [-0.25, -0.2) is 0 Å². The zero-order valence-corrected chi connectivity index (χ0v) is 14.6. The number of benzene rings is 2. The van der Waals surface area contributed by atoms with Gasteiger partial charge in [-0.3, -0.25) is 14.4 Å². The van der Waals surface area contributed by atoms with Gasteiger partial charge in [0.1, 0.15) is 11.2 Å². The van der Waals surface area contributed by atoms with Gasteiger partial charge in [-0.15, -0.1) is 0 Å². The highest BCUT2D eigenvalue weighted by molar-refractivity contribution is 6.48. The molecule has 0 aliphatic heterocycles. The summed E-state index contributed by atoms with van der Waals surface area (Å²) in [4.78, 5) is 38.2. The van der Waals surface area contributed by atoms with Crippen LogP contribution in [0.1, 0.15) is 33.6 Å². The molecule has 0 amide bonds. The van der Waals surface area contributed by atoms with Crippen molar-refractivity contribution in [3.63, 3.8) is 0 Å². The summed E-state index contributed by atoms with van der Waals surface area (Å²) in [6, 6.07) is 13.2. The molecule has 4 heteroatoms. The van der Waals surface area contributed by atoms with E-state index in [1.165, 1.54) is 0 Å². The third-order valence-electron chi connectivity index (χ3n) is 6.82. The molecule has 2 atom stereocenters. The van der Waals surface area contributed by atoms with Crippen LogP contribution in [0.25, 0.3) is 10.8 Å². The van der Waals surface area contributed by atoms with Gasteiger partial charge in [0.15, 0.2) is 0 Å². The fraction of sp³-hybridized carbons (Fsp3) is 0.381. The second-order valence-corrected chi connectivity index (χ2v) is 7.92. The topological polar surface area (TPSA) is 60.4 Å². The monoisotopic (exact) mass is 336 g/mol. The van der Waals surface area contributed by atoms with Gasteiger partial charge in [-0.1, -0.05) is 51.1 Å². The summed E-state index contributed by atoms with van der Waals surface area (Å²) in [5, 5.41) is 2.00. The molecule has 0 radical (unpaired) electrons. The molecule has 2 aromatic rings.